The number of aromatic hydroxyl groups is 1. The number of hydrogen-bond acceptors (Lipinski definition) is 4. The Bertz CT molecular complexity index is 363. The Morgan fingerprint density at radius 3 is 2.31 bits per heavy atom. The molecule has 0 aliphatic heterocycles. The third kappa shape index (κ3) is 4.95. The van der Waals surface area contributed by atoms with Crippen molar-refractivity contribution in [1.82, 2.24) is 0 Å². The standard InChI is InChI=1S/C10H12O2.C2H2O2/c1-3-4-8-5-6-9(11)10(7-8)12-2;3-1-2-4/h3-7,11H,1-2H3;1-2H. The number of carbonyl (C=O) groups excluding carboxylic acids is 2. The van der Waals surface area contributed by atoms with Crippen LogP contribution < -0.4 is 4.74 Å². The number of rotatable bonds is 3. The molecule has 0 aliphatic carbocycles. The summed E-state index contributed by atoms with van der Waals surface area (Å²) in [7, 11) is 1.54. The maximum atomic E-state index is 9.25. The third-order valence-corrected chi connectivity index (χ3v) is 1.62. The first-order valence-corrected chi connectivity index (χ1v) is 4.58. The Balaban J connectivity index is 0.000000487. The topological polar surface area (TPSA) is 63.6 Å². The molecular weight excluding hydrogens is 208 g/mol. The van der Waals surface area contributed by atoms with Gasteiger partial charge < -0.3 is 9.84 Å². The Morgan fingerprint density at radius 2 is 1.88 bits per heavy atom. The highest BCUT2D eigenvalue weighted by atomic mass is 16.5. The molecule has 0 saturated heterocycles. The minimum Gasteiger partial charge on any atom is -0.504 e. The van der Waals surface area contributed by atoms with Crippen LogP contribution >= 0.6 is 0 Å². The SMILES string of the molecule is CC=Cc1ccc(O)c(OC)c1.O=CC=O. The number of methoxy groups -OCH3 is 1. The van der Waals surface area contributed by atoms with Crippen LogP contribution in [0.1, 0.15) is 12.5 Å². The molecular formula is C12H14O4. The highest BCUT2D eigenvalue weighted by molar-refractivity contribution is 6.09. The number of phenols is 1. The van der Waals surface area contributed by atoms with Gasteiger partial charge in [0.25, 0.3) is 0 Å². The summed E-state index contributed by atoms with van der Waals surface area (Å²) < 4.78 is 4.95. The lowest BCUT2D eigenvalue weighted by Crippen LogP contribution is -1.83. The summed E-state index contributed by atoms with van der Waals surface area (Å²) in [5.41, 5.74) is 1.02. The zero-order valence-electron chi connectivity index (χ0n) is 9.21. The molecule has 0 fully saturated rings. The molecule has 0 heterocycles. The number of allylic oxidation sites excluding steroid dienone is 1. The average Bonchev–Trinajstić information content (AvgIpc) is 2.32. The Labute approximate surface area is 94.2 Å². The molecule has 0 unspecified atom stereocenters. The van der Waals surface area contributed by atoms with Crippen LogP contribution in [0.25, 0.3) is 6.08 Å². The maximum absolute atomic E-state index is 9.25. The second-order valence-electron chi connectivity index (χ2n) is 2.70. The smallest absolute Gasteiger partial charge is 0.182 e. The van der Waals surface area contributed by atoms with Gasteiger partial charge in [-0.2, -0.15) is 0 Å². The predicted molar refractivity (Wildman–Crippen MR) is 61.5 cm³/mol. The molecule has 1 N–H and O–H groups in total. The molecule has 0 spiro atoms. The molecule has 4 heteroatoms. The van der Waals surface area contributed by atoms with Crippen molar-refractivity contribution in [1.29, 1.82) is 0 Å². The third-order valence-electron chi connectivity index (χ3n) is 1.62. The lowest BCUT2D eigenvalue weighted by Gasteiger charge is -2.03. The van der Waals surface area contributed by atoms with Crippen LogP contribution in [0.5, 0.6) is 11.5 Å². The number of benzene rings is 1. The molecule has 4 nitrogen and oxygen atoms in total. The van der Waals surface area contributed by atoms with Crippen molar-refractivity contribution in [3.8, 4) is 11.5 Å². The van der Waals surface area contributed by atoms with Crippen molar-refractivity contribution in [2.24, 2.45) is 0 Å². The number of carbonyl (C=O) groups is 2. The van der Waals surface area contributed by atoms with E-state index in [0.29, 0.717) is 5.75 Å². The van der Waals surface area contributed by atoms with Crippen LogP contribution in [-0.4, -0.2) is 24.8 Å². The van der Waals surface area contributed by atoms with Crippen LogP contribution in [-0.2, 0) is 9.59 Å². The van der Waals surface area contributed by atoms with Gasteiger partial charge in [-0.25, -0.2) is 0 Å². The zero-order valence-corrected chi connectivity index (χ0v) is 9.21. The Morgan fingerprint density at radius 1 is 1.25 bits per heavy atom. The van der Waals surface area contributed by atoms with Gasteiger partial charge in [0.05, 0.1) is 7.11 Å². The number of aldehydes is 2. The highest BCUT2D eigenvalue weighted by Crippen LogP contribution is 2.26. The van der Waals surface area contributed by atoms with Crippen LogP contribution in [0, 0.1) is 0 Å². The normalized spacial score (nSPS) is 9.12. The summed E-state index contributed by atoms with van der Waals surface area (Å²) in [6.07, 6.45) is 4.27. The van der Waals surface area contributed by atoms with Gasteiger partial charge in [0, 0.05) is 0 Å². The first-order chi connectivity index (χ1) is 7.69. The molecule has 1 aromatic carbocycles. The summed E-state index contributed by atoms with van der Waals surface area (Å²) in [6.45, 7) is 1.94. The lowest BCUT2D eigenvalue weighted by molar-refractivity contribution is -0.122. The molecule has 1 aromatic rings. The van der Waals surface area contributed by atoms with E-state index in [4.69, 9.17) is 14.3 Å². The van der Waals surface area contributed by atoms with Gasteiger partial charge in [-0.15, -0.1) is 0 Å². The first kappa shape index (κ1) is 13.9. The van der Waals surface area contributed by atoms with E-state index < -0.39 is 0 Å². The van der Waals surface area contributed by atoms with Gasteiger partial charge in [-0.05, 0) is 24.6 Å². The number of ether oxygens (including phenoxy) is 1. The van der Waals surface area contributed by atoms with E-state index in [-0.39, 0.29) is 18.3 Å². The molecule has 16 heavy (non-hydrogen) atoms. The number of phenolic OH excluding ortho intramolecular Hbond substituents is 1. The van der Waals surface area contributed by atoms with Crippen molar-refractivity contribution in [2.75, 3.05) is 7.11 Å². The fourth-order valence-corrected chi connectivity index (χ4v) is 0.990. The summed E-state index contributed by atoms with van der Waals surface area (Å²) >= 11 is 0. The minimum absolute atomic E-state index is 0.172. The Kier molecular flexibility index (Phi) is 7.15. The monoisotopic (exact) mass is 222 g/mol. The fourth-order valence-electron chi connectivity index (χ4n) is 0.990. The molecule has 0 atom stereocenters. The number of hydrogen-bond donors (Lipinski definition) is 1. The van der Waals surface area contributed by atoms with Gasteiger partial charge >= 0.3 is 0 Å². The van der Waals surface area contributed by atoms with Crippen molar-refractivity contribution in [3.05, 3.63) is 29.8 Å². The van der Waals surface area contributed by atoms with Crippen molar-refractivity contribution in [3.63, 3.8) is 0 Å². The Hall–Kier alpha value is -2.10. The molecule has 0 aliphatic rings. The largest absolute Gasteiger partial charge is 0.504 e. The fraction of sp³-hybridized carbons (Fsp3) is 0.167. The molecule has 86 valence electrons. The highest BCUT2D eigenvalue weighted by Gasteiger charge is 1.99. The molecule has 0 bridgehead atoms. The van der Waals surface area contributed by atoms with Crippen molar-refractivity contribution in [2.45, 2.75) is 6.92 Å². The van der Waals surface area contributed by atoms with E-state index in [1.807, 2.05) is 25.1 Å². The van der Waals surface area contributed by atoms with E-state index in [1.165, 1.54) is 7.11 Å². The quantitative estimate of drug-likeness (QED) is 0.625. The van der Waals surface area contributed by atoms with Gasteiger partial charge in [-0.1, -0.05) is 18.2 Å². The second-order valence-corrected chi connectivity index (χ2v) is 2.70. The maximum Gasteiger partial charge on any atom is 0.182 e. The van der Waals surface area contributed by atoms with Crippen LogP contribution in [0.4, 0.5) is 0 Å². The van der Waals surface area contributed by atoms with E-state index in [9.17, 15) is 5.11 Å². The summed E-state index contributed by atoms with van der Waals surface area (Å²) in [5, 5.41) is 9.25. The first-order valence-electron chi connectivity index (χ1n) is 4.58. The van der Waals surface area contributed by atoms with Gasteiger partial charge in [0.15, 0.2) is 24.1 Å². The van der Waals surface area contributed by atoms with Crippen LogP contribution in [0.15, 0.2) is 24.3 Å². The molecule has 1 rings (SSSR count). The molecule has 0 amide bonds. The zero-order chi connectivity index (χ0) is 12.4. The van der Waals surface area contributed by atoms with E-state index in [0.717, 1.165) is 5.56 Å². The molecule has 0 radical (unpaired) electrons. The lowest BCUT2D eigenvalue weighted by atomic mass is 10.2. The van der Waals surface area contributed by atoms with Crippen LogP contribution in [0.2, 0.25) is 0 Å². The van der Waals surface area contributed by atoms with E-state index in [2.05, 4.69) is 0 Å². The summed E-state index contributed by atoms with van der Waals surface area (Å²) in [6, 6.07) is 5.24. The van der Waals surface area contributed by atoms with E-state index in [1.54, 1.807) is 12.1 Å². The van der Waals surface area contributed by atoms with Gasteiger partial charge in [0.1, 0.15) is 0 Å². The van der Waals surface area contributed by atoms with Crippen LogP contribution in [0.3, 0.4) is 0 Å². The predicted octanol–water partition coefficient (Wildman–Crippen LogP) is 1.82. The van der Waals surface area contributed by atoms with Crippen molar-refractivity contribution < 1.29 is 19.4 Å². The minimum atomic E-state index is 0.172. The average molecular weight is 222 g/mol. The van der Waals surface area contributed by atoms with E-state index >= 15 is 0 Å². The molecule has 0 aromatic heterocycles. The second kappa shape index (κ2) is 8.23. The molecule has 0 saturated carbocycles. The summed E-state index contributed by atoms with van der Waals surface area (Å²) in [5.74, 6) is 0.677. The van der Waals surface area contributed by atoms with Gasteiger partial charge in [-0.3, -0.25) is 9.59 Å². The summed E-state index contributed by atoms with van der Waals surface area (Å²) in [4.78, 5) is 17.6. The van der Waals surface area contributed by atoms with Gasteiger partial charge in [0.2, 0.25) is 0 Å². The van der Waals surface area contributed by atoms with Crippen molar-refractivity contribution >= 4 is 18.6 Å².